The van der Waals surface area contributed by atoms with E-state index in [-0.39, 0.29) is 19.0 Å². The van der Waals surface area contributed by atoms with Crippen molar-refractivity contribution in [2.75, 3.05) is 20.1 Å². The minimum absolute atomic E-state index is 0.130. The molecule has 1 heterocycles. The lowest BCUT2D eigenvalue weighted by Crippen LogP contribution is -2.51. The zero-order valence-corrected chi connectivity index (χ0v) is 13.8. The van der Waals surface area contributed by atoms with Crippen LogP contribution in [0.25, 0.3) is 0 Å². The van der Waals surface area contributed by atoms with Crippen molar-refractivity contribution in [2.24, 2.45) is 11.1 Å². The van der Waals surface area contributed by atoms with Crippen molar-refractivity contribution in [3.8, 4) is 0 Å². The molecular weight excluding hydrogens is 323 g/mol. The number of carbonyl (C=O) groups excluding carboxylic acids is 2. The highest BCUT2D eigenvalue weighted by atomic mass is 32.2. The third-order valence-electron chi connectivity index (χ3n) is 3.91. The molecule has 2 fully saturated rings. The van der Waals surface area contributed by atoms with Gasteiger partial charge in [-0.2, -0.15) is 0 Å². The Morgan fingerprint density at radius 3 is 2.22 bits per heavy atom. The SMILES string of the molecule is CN1CC(=O)OB(C(C=CC2CCCC2)S(N)(=O)=O)OC(=O)C1. The first-order chi connectivity index (χ1) is 10.8. The first-order valence-electron chi connectivity index (χ1n) is 7.53. The highest BCUT2D eigenvalue weighted by Crippen LogP contribution is 2.26. The van der Waals surface area contributed by atoms with E-state index in [4.69, 9.17) is 14.4 Å². The molecule has 0 radical (unpaired) electrons. The predicted octanol–water partition coefficient (Wildman–Crippen LogP) is -0.551. The van der Waals surface area contributed by atoms with Crippen LogP contribution in [0, 0.1) is 5.92 Å². The molecule has 2 aliphatic rings. The quantitative estimate of drug-likeness (QED) is 0.537. The predicted molar refractivity (Wildman–Crippen MR) is 83.4 cm³/mol. The maximum atomic E-state index is 11.8. The van der Waals surface area contributed by atoms with Crippen molar-refractivity contribution in [3.05, 3.63) is 12.2 Å². The van der Waals surface area contributed by atoms with Crippen LogP contribution in [0.1, 0.15) is 25.7 Å². The summed E-state index contributed by atoms with van der Waals surface area (Å²) < 4.78 is 33.7. The van der Waals surface area contributed by atoms with Crippen molar-refractivity contribution in [3.63, 3.8) is 0 Å². The van der Waals surface area contributed by atoms with Crippen LogP contribution in [0.3, 0.4) is 0 Å². The summed E-state index contributed by atoms with van der Waals surface area (Å²) in [6.45, 7) is -0.259. The molecule has 2 N–H and O–H groups in total. The van der Waals surface area contributed by atoms with E-state index < -0.39 is 34.2 Å². The first-order valence-corrected chi connectivity index (χ1v) is 9.14. The lowest BCUT2D eigenvalue weighted by molar-refractivity contribution is -0.145. The molecule has 0 aromatic carbocycles. The van der Waals surface area contributed by atoms with E-state index in [0.717, 1.165) is 25.7 Å². The van der Waals surface area contributed by atoms with Crippen molar-refractivity contribution < 1.29 is 27.3 Å². The van der Waals surface area contributed by atoms with Gasteiger partial charge in [-0.3, -0.25) is 14.5 Å². The Morgan fingerprint density at radius 1 is 1.22 bits per heavy atom. The van der Waals surface area contributed by atoms with E-state index in [9.17, 15) is 18.0 Å². The van der Waals surface area contributed by atoms with Gasteiger partial charge in [0.25, 0.3) is 0 Å². The molecule has 0 aromatic rings. The molecule has 128 valence electrons. The first kappa shape index (κ1) is 18.0. The number of allylic oxidation sites excluding steroid dienone is 1. The van der Waals surface area contributed by atoms with Crippen molar-refractivity contribution in [1.82, 2.24) is 4.90 Å². The fraction of sp³-hybridized carbons (Fsp3) is 0.692. The molecule has 2 rings (SSSR count). The van der Waals surface area contributed by atoms with Crippen molar-refractivity contribution in [1.29, 1.82) is 0 Å². The van der Waals surface area contributed by atoms with E-state index in [0.29, 0.717) is 0 Å². The van der Waals surface area contributed by atoms with Gasteiger partial charge >= 0.3 is 19.1 Å². The van der Waals surface area contributed by atoms with Gasteiger partial charge in [0.1, 0.15) is 0 Å². The number of hydrogen-bond acceptors (Lipinski definition) is 7. The molecule has 1 aliphatic carbocycles. The van der Waals surface area contributed by atoms with Crippen LogP contribution in [-0.4, -0.2) is 57.7 Å². The molecule has 1 atom stereocenters. The van der Waals surface area contributed by atoms with E-state index >= 15 is 0 Å². The van der Waals surface area contributed by atoms with E-state index in [1.54, 1.807) is 13.1 Å². The topological polar surface area (TPSA) is 116 Å². The Morgan fingerprint density at radius 2 is 1.74 bits per heavy atom. The summed E-state index contributed by atoms with van der Waals surface area (Å²) in [4.78, 5) is 24.9. The number of nitrogens with zero attached hydrogens (tertiary/aromatic N) is 1. The average molecular weight is 344 g/mol. The monoisotopic (exact) mass is 344 g/mol. The molecule has 8 nitrogen and oxygen atoms in total. The van der Waals surface area contributed by atoms with Gasteiger partial charge in [0.05, 0.1) is 13.1 Å². The lowest BCUT2D eigenvalue weighted by atomic mass is 9.82. The second-order valence-electron chi connectivity index (χ2n) is 6.00. The summed E-state index contributed by atoms with van der Waals surface area (Å²) in [6, 6.07) is 0. The number of sulfonamides is 1. The van der Waals surface area contributed by atoms with Gasteiger partial charge in [0.2, 0.25) is 10.0 Å². The Kier molecular flexibility index (Phi) is 5.82. The van der Waals surface area contributed by atoms with E-state index in [1.807, 2.05) is 0 Å². The maximum absolute atomic E-state index is 11.8. The summed E-state index contributed by atoms with van der Waals surface area (Å²) in [6.07, 6.45) is 7.27. The Balaban J connectivity index is 2.19. The average Bonchev–Trinajstić information content (AvgIpc) is 2.88. The number of likely N-dealkylation sites (N-methyl/N-ethyl adjacent to an activating group) is 1. The van der Waals surface area contributed by atoms with Gasteiger partial charge < -0.3 is 9.31 Å². The minimum atomic E-state index is -4.10. The fourth-order valence-corrected chi connectivity index (χ4v) is 3.49. The summed E-state index contributed by atoms with van der Waals surface area (Å²) >= 11 is 0. The molecule has 1 unspecified atom stereocenters. The molecule has 10 heteroatoms. The van der Waals surface area contributed by atoms with Gasteiger partial charge in [0, 0.05) is 0 Å². The molecule has 23 heavy (non-hydrogen) atoms. The van der Waals surface area contributed by atoms with Gasteiger partial charge in [0.15, 0.2) is 5.15 Å². The largest absolute Gasteiger partial charge is 0.623 e. The third-order valence-corrected chi connectivity index (χ3v) is 5.05. The zero-order valence-electron chi connectivity index (χ0n) is 13.0. The standard InChI is InChI=1S/C13H21BN2O6S/c1-16-8-12(17)21-14(22-13(18)9-16)11(23(15,19)20)7-6-10-4-2-3-5-10/h6-7,10-11H,2-5,8-9H2,1H3,(H2,15,19,20). The molecule has 1 saturated carbocycles. The highest BCUT2D eigenvalue weighted by molar-refractivity contribution is 7.91. The Bertz CT molecular complexity index is 567. The number of rotatable bonds is 4. The highest BCUT2D eigenvalue weighted by Gasteiger charge is 2.44. The van der Waals surface area contributed by atoms with Crippen LogP contribution in [0.5, 0.6) is 0 Å². The van der Waals surface area contributed by atoms with Crippen LogP contribution in [0.2, 0.25) is 0 Å². The Hall–Kier alpha value is -1.39. The molecule has 0 aromatic heterocycles. The number of hydrogen-bond donors (Lipinski definition) is 1. The van der Waals surface area contributed by atoms with Crippen LogP contribution in [-0.2, 0) is 28.9 Å². The summed E-state index contributed by atoms with van der Waals surface area (Å²) in [5.74, 6) is -1.08. The minimum Gasteiger partial charge on any atom is -0.497 e. The smallest absolute Gasteiger partial charge is 0.497 e. The lowest BCUT2D eigenvalue weighted by Gasteiger charge is -2.25. The second kappa shape index (κ2) is 7.46. The van der Waals surface area contributed by atoms with Crippen LogP contribution in [0.15, 0.2) is 12.2 Å². The summed E-state index contributed by atoms with van der Waals surface area (Å²) in [5, 5.41) is 3.83. The number of primary sulfonamides is 1. The van der Waals surface area contributed by atoms with Gasteiger partial charge in [-0.05, 0) is 25.8 Å². The maximum Gasteiger partial charge on any atom is 0.623 e. The molecule has 0 bridgehead atoms. The van der Waals surface area contributed by atoms with Crippen molar-refractivity contribution in [2.45, 2.75) is 30.8 Å². The zero-order chi connectivity index (χ0) is 17.0. The number of carbonyl (C=O) groups is 2. The third kappa shape index (κ3) is 5.33. The van der Waals surface area contributed by atoms with Gasteiger partial charge in [-0.25, -0.2) is 13.6 Å². The Labute approximate surface area is 136 Å². The fourth-order valence-electron chi connectivity index (χ4n) is 2.76. The van der Waals surface area contributed by atoms with Crippen molar-refractivity contribution >= 4 is 29.1 Å². The normalized spacial score (nSPS) is 23.5. The van der Waals surface area contributed by atoms with Crippen LogP contribution < -0.4 is 5.14 Å². The second-order valence-corrected chi connectivity index (χ2v) is 7.73. The summed E-state index contributed by atoms with van der Waals surface area (Å²) in [7, 11) is -4.10. The van der Waals surface area contributed by atoms with Gasteiger partial charge in [-0.15, -0.1) is 0 Å². The molecule has 0 spiro atoms. The summed E-state index contributed by atoms with van der Waals surface area (Å²) in [5.41, 5.74) is 0. The van der Waals surface area contributed by atoms with E-state index in [2.05, 4.69) is 0 Å². The molecule has 0 amide bonds. The molecule has 1 saturated heterocycles. The molecular formula is C13H21BN2O6S. The van der Waals surface area contributed by atoms with Crippen LogP contribution in [0.4, 0.5) is 0 Å². The van der Waals surface area contributed by atoms with Gasteiger partial charge in [-0.1, -0.05) is 25.0 Å². The van der Waals surface area contributed by atoms with E-state index in [1.165, 1.54) is 11.0 Å². The number of nitrogens with two attached hydrogens (primary N) is 1. The van der Waals surface area contributed by atoms with Crippen LogP contribution >= 0.6 is 0 Å². The molecule has 1 aliphatic heterocycles.